The number of rotatable bonds is 5. The fraction of sp³-hybridized carbons (Fsp3) is 0.346. The summed E-state index contributed by atoms with van der Waals surface area (Å²) in [5.41, 5.74) is 1.45. The van der Waals surface area contributed by atoms with E-state index in [1.54, 1.807) is 0 Å². The van der Waals surface area contributed by atoms with Crippen molar-refractivity contribution >= 4 is 49.1 Å². The SMILES string of the molecule is O=C(NCCN1CC=CCC1)c1c(=O)c2ccc(N3CCOCC3)nc2n2c1sc1ccccc12. The van der Waals surface area contributed by atoms with Crippen molar-refractivity contribution in [2.24, 2.45) is 0 Å². The number of anilines is 1. The highest BCUT2D eigenvalue weighted by atomic mass is 32.1. The molecule has 0 spiro atoms. The Bertz CT molecular complexity index is 1500. The van der Waals surface area contributed by atoms with Crippen molar-refractivity contribution in [3.63, 3.8) is 0 Å². The molecular weight excluding hydrogens is 462 g/mol. The molecule has 0 radical (unpaired) electrons. The van der Waals surface area contributed by atoms with Crippen LogP contribution in [0.25, 0.3) is 26.1 Å². The number of fused-ring (bicyclic) bond motifs is 5. The summed E-state index contributed by atoms with van der Waals surface area (Å²) in [6.07, 6.45) is 5.36. The Hall–Kier alpha value is -3.27. The van der Waals surface area contributed by atoms with Gasteiger partial charge in [-0.05, 0) is 30.7 Å². The van der Waals surface area contributed by atoms with Crippen molar-refractivity contribution < 1.29 is 9.53 Å². The molecule has 6 rings (SSSR count). The van der Waals surface area contributed by atoms with Gasteiger partial charge in [0.15, 0.2) is 5.65 Å². The predicted molar refractivity (Wildman–Crippen MR) is 140 cm³/mol. The van der Waals surface area contributed by atoms with E-state index in [1.807, 2.05) is 40.8 Å². The number of hydrogen-bond acceptors (Lipinski definition) is 7. The van der Waals surface area contributed by atoms with Crippen molar-refractivity contribution in [2.45, 2.75) is 6.42 Å². The van der Waals surface area contributed by atoms with Crippen molar-refractivity contribution in [2.75, 3.05) is 57.4 Å². The van der Waals surface area contributed by atoms with Crippen LogP contribution in [-0.4, -0.2) is 72.7 Å². The molecular formula is C26H27N5O3S. The Kier molecular flexibility index (Phi) is 5.97. The number of hydrogen-bond donors (Lipinski definition) is 1. The van der Waals surface area contributed by atoms with Crippen molar-refractivity contribution in [3.8, 4) is 0 Å². The molecule has 0 unspecified atom stereocenters. The smallest absolute Gasteiger partial charge is 0.258 e. The summed E-state index contributed by atoms with van der Waals surface area (Å²) in [7, 11) is 0. The lowest BCUT2D eigenvalue weighted by atomic mass is 10.1. The Morgan fingerprint density at radius 2 is 1.94 bits per heavy atom. The fourth-order valence-corrected chi connectivity index (χ4v) is 6.04. The summed E-state index contributed by atoms with van der Waals surface area (Å²) in [6, 6.07) is 11.7. The summed E-state index contributed by atoms with van der Waals surface area (Å²) >= 11 is 1.46. The largest absolute Gasteiger partial charge is 0.378 e. The van der Waals surface area contributed by atoms with Crippen LogP contribution in [-0.2, 0) is 4.74 Å². The number of nitrogens with one attached hydrogen (secondary N) is 1. The van der Waals surface area contributed by atoms with Crippen LogP contribution in [0, 0.1) is 0 Å². The van der Waals surface area contributed by atoms with Crippen LogP contribution < -0.4 is 15.6 Å². The van der Waals surface area contributed by atoms with Gasteiger partial charge in [-0.25, -0.2) is 4.98 Å². The first kappa shape index (κ1) is 22.2. The van der Waals surface area contributed by atoms with Crippen LogP contribution in [0.1, 0.15) is 16.8 Å². The standard InChI is InChI=1S/C26H27N5O3S/c32-23-18-8-9-21(30-14-16-34-17-15-30)28-24(18)31-19-6-2-3-7-20(19)35-26(31)22(23)25(33)27-10-13-29-11-4-1-5-12-29/h1-4,6-9H,5,10-17H2,(H,27,33). The molecule has 4 aromatic rings. The number of thiazole rings is 1. The Labute approximate surface area is 206 Å². The van der Waals surface area contributed by atoms with Crippen LogP contribution in [0.3, 0.4) is 0 Å². The highest BCUT2D eigenvalue weighted by Gasteiger charge is 2.23. The van der Waals surface area contributed by atoms with Crippen molar-refractivity contribution in [1.29, 1.82) is 0 Å². The summed E-state index contributed by atoms with van der Waals surface area (Å²) in [4.78, 5) is 37.0. The molecule has 35 heavy (non-hydrogen) atoms. The minimum atomic E-state index is -0.328. The second-order valence-electron chi connectivity index (χ2n) is 8.87. The Morgan fingerprint density at radius 1 is 1.09 bits per heavy atom. The minimum Gasteiger partial charge on any atom is -0.378 e. The zero-order valence-electron chi connectivity index (χ0n) is 19.4. The highest BCUT2D eigenvalue weighted by Crippen LogP contribution is 2.31. The molecule has 1 saturated heterocycles. The van der Waals surface area contributed by atoms with E-state index in [-0.39, 0.29) is 16.9 Å². The number of morpholine rings is 1. The number of ether oxygens (including phenoxy) is 1. The van der Waals surface area contributed by atoms with E-state index in [1.165, 1.54) is 11.3 Å². The van der Waals surface area contributed by atoms with Crippen LogP contribution in [0.15, 0.2) is 53.3 Å². The van der Waals surface area contributed by atoms with Crippen LogP contribution >= 0.6 is 11.3 Å². The van der Waals surface area contributed by atoms with Gasteiger partial charge in [0.1, 0.15) is 16.2 Å². The molecule has 0 aliphatic carbocycles. The number of amides is 1. The number of carbonyl (C=O) groups excluding carboxylic acids is 1. The normalized spacial score (nSPS) is 17.0. The second kappa shape index (κ2) is 9.41. The van der Waals surface area contributed by atoms with Crippen molar-refractivity contribution in [1.82, 2.24) is 19.6 Å². The number of carbonyl (C=O) groups is 1. The lowest BCUT2D eigenvalue weighted by Gasteiger charge is -2.28. The maximum atomic E-state index is 13.7. The topological polar surface area (TPSA) is 79.2 Å². The summed E-state index contributed by atoms with van der Waals surface area (Å²) in [5, 5.41) is 3.45. The summed E-state index contributed by atoms with van der Waals surface area (Å²) in [6.45, 7) is 5.96. The number of para-hydroxylation sites is 1. The third-order valence-corrected chi connectivity index (χ3v) is 7.84. The zero-order valence-corrected chi connectivity index (χ0v) is 20.2. The average Bonchev–Trinajstić information content (AvgIpc) is 3.29. The molecule has 0 saturated carbocycles. The van der Waals surface area contributed by atoms with E-state index in [4.69, 9.17) is 9.72 Å². The summed E-state index contributed by atoms with van der Waals surface area (Å²) < 4.78 is 8.47. The second-order valence-corrected chi connectivity index (χ2v) is 9.90. The van der Waals surface area contributed by atoms with Gasteiger partial charge in [-0.2, -0.15) is 0 Å². The maximum absolute atomic E-state index is 13.7. The third-order valence-electron chi connectivity index (χ3n) is 6.69. The molecule has 0 atom stereocenters. The fourth-order valence-electron chi connectivity index (χ4n) is 4.86. The van der Waals surface area contributed by atoms with E-state index in [2.05, 4.69) is 27.3 Å². The summed E-state index contributed by atoms with van der Waals surface area (Å²) in [5.74, 6) is 0.489. The first-order chi connectivity index (χ1) is 17.2. The highest BCUT2D eigenvalue weighted by molar-refractivity contribution is 7.24. The van der Waals surface area contributed by atoms with Gasteiger partial charge in [0.05, 0.1) is 28.8 Å². The minimum absolute atomic E-state index is 0.193. The number of aromatic nitrogens is 2. The molecule has 180 valence electrons. The van der Waals surface area contributed by atoms with Gasteiger partial charge in [0.25, 0.3) is 5.91 Å². The van der Waals surface area contributed by atoms with Gasteiger partial charge in [-0.15, -0.1) is 11.3 Å². The van der Waals surface area contributed by atoms with E-state index in [0.29, 0.717) is 35.6 Å². The van der Waals surface area contributed by atoms with Crippen LogP contribution in [0.5, 0.6) is 0 Å². The monoisotopic (exact) mass is 489 g/mol. The van der Waals surface area contributed by atoms with Crippen molar-refractivity contribution in [3.05, 3.63) is 64.3 Å². The molecule has 9 heteroatoms. The molecule has 0 bridgehead atoms. The molecule has 2 aliphatic heterocycles. The molecule has 3 aromatic heterocycles. The molecule has 1 N–H and O–H groups in total. The first-order valence-corrected chi connectivity index (χ1v) is 12.9. The van der Waals surface area contributed by atoms with Gasteiger partial charge in [-0.3, -0.25) is 18.9 Å². The lowest BCUT2D eigenvalue weighted by molar-refractivity contribution is 0.0949. The maximum Gasteiger partial charge on any atom is 0.258 e. The Balaban J connectivity index is 1.44. The molecule has 1 aromatic carbocycles. The average molecular weight is 490 g/mol. The Morgan fingerprint density at radius 3 is 2.77 bits per heavy atom. The number of benzene rings is 1. The van der Waals surface area contributed by atoms with E-state index >= 15 is 0 Å². The van der Waals surface area contributed by atoms with E-state index in [9.17, 15) is 9.59 Å². The molecule has 1 fully saturated rings. The lowest BCUT2D eigenvalue weighted by Crippen LogP contribution is -2.38. The zero-order chi connectivity index (χ0) is 23.8. The number of nitrogens with zero attached hydrogens (tertiary/aromatic N) is 4. The first-order valence-electron chi connectivity index (χ1n) is 12.1. The molecule has 5 heterocycles. The molecule has 1 amide bonds. The van der Waals surface area contributed by atoms with Crippen LogP contribution in [0.2, 0.25) is 0 Å². The quantitative estimate of drug-likeness (QED) is 0.435. The van der Waals surface area contributed by atoms with Crippen LogP contribution in [0.4, 0.5) is 5.82 Å². The molecule has 8 nitrogen and oxygen atoms in total. The van der Waals surface area contributed by atoms with Gasteiger partial charge >= 0.3 is 0 Å². The third kappa shape index (κ3) is 4.09. The van der Waals surface area contributed by atoms with E-state index in [0.717, 1.165) is 55.2 Å². The number of pyridine rings is 2. The van der Waals surface area contributed by atoms with Gasteiger partial charge in [0, 0.05) is 39.3 Å². The van der Waals surface area contributed by atoms with Gasteiger partial charge in [0.2, 0.25) is 5.43 Å². The predicted octanol–water partition coefficient (Wildman–Crippen LogP) is 2.89. The van der Waals surface area contributed by atoms with Gasteiger partial charge in [-0.1, -0.05) is 24.3 Å². The van der Waals surface area contributed by atoms with Gasteiger partial charge < -0.3 is 15.0 Å². The molecule has 2 aliphatic rings. The van der Waals surface area contributed by atoms with E-state index < -0.39 is 0 Å².